The zero-order valence-electron chi connectivity index (χ0n) is 17.3. The Kier molecular flexibility index (Phi) is 8.87. The summed E-state index contributed by atoms with van der Waals surface area (Å²) >= 11 is 0. The summed E-state index contributed by atoms with van der Waals surface area (Å²) in [6.45, 7) is -0.0159. The first kappa shape index (κ1) is 25.6. The summed E-state index contributed by atoms with van der Waals surface area (Å²) in [6, 6.07) is 3.16. The highest BCUT2D eigenvalue weighted by Crippen LogP contribution is 2.32. The van der Waals surface area contributed by atoms with Crippen LogP contribution in [0.4, 0.5) is 13.2 Å². The van der Waals surface area contributed by atoms with Crippen LogP contribution in [-0.2, 0) is 25.7 Å². The van der Waals surface area contributed by atoms with Gasteiger partial charge >= 0.3 is 6.18 Å². The number of carbonyl (C=O) groups excluding carboxylic acids is 1. The molecule has 0 radical (unpaired) electrons. The molecule has 1 aromatic rings. The number of hydrogen-bond donors (Lipinski definition) is 2. The normalized spacial score (nSPS) is 21.2. The second kappa shape index (κ2) is 10.8. The molecular formula is C20H29F3N2O5S. The van der Waals surface area contributed by atoms with Crippen molar-refractivity contribution >= 4 is 15.9 Å². The van der Waals surface area contributed by atoms with Crippen molar-refractivity contribution < 1.29 is 36.2 Å². The maximum absolute atomic E-state index is 12.8. The van der Waals surface area contributed by atoms with Crippen LogP contribution in [0.3, 0.4) is 0 Å². The summed E-state index contributed by atoms with van der Waals surface area (Å²) in [5.41, 5.74) is 4.35. The summed E-state index contributed by atoms with van der Waals surface area (Å²) in [6.07, 6.45) is -1.84. The first-order valence-corrected chi connectivity index (χ1v) is 11.6. The van der Waals surface area contributed by atoms with Gasteiger partial charge in [-0.25, -0.2) is 8.42 Å². The van der Waals surface area contributed by atoms with Crippen molar-refractivity contribution in [1.82, 2.24) is 4.31 Å². The summed E-state index contributed by atoms with van der Waals surface area (Å²) in [4.78, 5) is 11.0. The Balaban J connectivity index is 1.97. The van der Waals surface area contributed by atoms with Crippen LogP contribution in [0.25, 0.3) is 0 Å². The van der Waals surface area contributed by atoms with Crippen molar-refractivity contribution in [2.24, 2.45) is 5.73 Å². The number of nitrogens with two attached hydrogens (primary N) is 1. The van der Waals surface area contributed by atoms with E-state index < -0.39 is 27.7 Å². The van der Waals surface area contributed by atoms with E-state index in [1.807, 2.05) is 0 Å². The largest absolute Gasteiger partial charge is 0.416 e. The van der Waals surface area contributed by atoms with E-state index in [2.05, 4.69) is 0 Å². The first-order valence-electron chi connectivity index (χ1n) is 10.1. The number of halogens is 3. The second-order valence-electron chi connectivity index (χ2n) is 7.77. The van der Waals surface area contributed by atoms with Gasteiger partial charge in [0, 0.05) is 19.7 Å². The van der Waals surface area contributed by atoms with E-state index in [0.29, 0.717) is 38.5 Å². The number of rotatable bonds is 10. The summed E-state index contributed by atoms with van der Waals surface area (Å²) < 4.78 is 71.0. The standard InChI is InChI=1S/C20H29F3N2O5S/c1-25(31(28,29)18-10-4-14(5-11-18)20(21,22)23)15-6-8-16(9-7-15)30-17(3-2-12-26)13-19(24)27/h4-5,10-11,15-17,26H,2-3,6-9,12-13H2,1H3,(H2,24,27). The zero-order valence-corrected chi connectivity index (χ0v) is 18.2. The monoisotopic (exact) mass is 466 g/mol. The Morgan fingerprint density at radius 1 is 1.23 bits per heavy atom. The third-order valence-electron chi connectivity index (χ3n) is 5.51. The number of aliphatic hydroxyl groups excluding tert-OH is 1. The van der Waals surface area contributed by atoms with Crippen LogP contribution in [-0.4, -0.2) is 55.6 Å². The van der Waals surface area contributed by atoms with Crippen LogP contribution in [0.5, 0.6) is 0 Å². The predicted molar refractivity (Wildman–Crippen MR) is 107 cm³/mol. The lowest BCUT2D eigenvalue weighted by Crippen LogP contribution is -2.41. The molecule has 1 aliphatic rings. The molecule has 1 amide bonds. The lowest BCUT2D eigenvalue weighted by molar-refractivity contribution is -0.137. The van der Waals surface area contributed by atoms with Crippen LogP contribution in [0.1, 0.15) is 50.5 Å². The third kappa shape index (κ3) is 7.16. The maximum Gasteiger partial charge on any atom is 0.416 e. The molecule has 0 aromatic heterocycles. The molecule has 0 spiro atoms. The molecule has 31 heavy (non-hydrogen) atoms. The lowest BCUT2D eigenvalue weighted by Gasteiger charge is -2.35. The summed E-state index contributed by atoms with van der Waals surface area (Å²) in [5, 5.41) is 8.99. The highest BCUT2D eigenvalue weighted by molar-refractivity contribution is 7.89. The lowest BCUT2D eigenvalue weighted by atomic mass is 9.92. The molecule has 1 aliphatic carbocycles. The maximum atomic E-state index is 12.8. The molecule has 0 aliphatic heterocycles. The average Bonchev–Trinajstić information content (AvgIpc) is 2.71. The van der Waals surface area contributed by atoms with E-state index in [1.54, 1.807) is 0 Å². The minimum atomic E-state index is -4.53. The number of benzene rings is 1. The number of nitrogens with zero attached hydrogens (tertiary/aromatic N) is 1. The van der Waals surface area contributed by atoms with Gasteiger partial charge in [-0.15, -0.1) is 0 Å². The molecular weight excluding hydrogens is 437 g/mol. The molecule has 1 fully saturated rings. The Labute approximate surface area is 180 Å². The molecule has 7 nitrogen and oxygen atoms in total. The predicted octanol–water partition coefficient (Wildman–Crippen LogP) is 2.67. The fourth-order valence-corrected chi connectivity index (χ4v) is 5.17. The number of primary amides is 1. The van der Waals surface area contributed by atoms with E-state index in [1.165, 1.54) is 11.4 Å². The van der Waals surface area contributed by atoms with Gasteiger partial charge in [-0.3, -0.25) is 4.79 Å². The number of alkyl halides is 3. The molecule has 1 atom stereocenters. The van der Waals surface area contributed by atoms with Gasteiger partial charge in [-0.2, -0.15) is 17.5 Å². The number of ether oxygens (including phenoxy) is 1. The van der Waals surface area contributed by atoms with Crippen LogP contribution >= 0.6 is 0 Å². The number of sulfonamides is 1. The number of amides is 1. The van der Waals surface area contributed by atoms with Crippen molar-refractivity contribution in [3.8, 4) is 0 Å². The third-order valence-corrected chi connectivity index (χ3v) is 7.44. The average molecular weight is 467 g/mol. The smallest absolute Gasteiger partial charge is 0.396 e. The van der Waals surface area contributed by atoms with Gasteiger partial charge in [0.2, 0.25) is 15.9 Å². The van der Waals surface area contributed by atoms with E-state index in [0.717, 1.165) is 24.3 Å². The Morgan fingerprint density at radius 2 is 1.81 bits per heavy atom. The van der Waals surface area contributed by atoms with Crippen LogP contribution < -0.4 is 5.73 Å². The minimum absolute atomic E-state index is 0.0159. The Bertz CT molecular complexity index is 822. The van der Waals surface area contributed by atoms with Crippen LogP contribution in [0.2, 0.25) is 0 Å². The van der Waals surface area contributed by atoms with Crippen molar-refractivity contribution in [2.45, 2.75) is 74.3 Å². The molecule has 3 N–H and O–H groups in total. The quantitative estimate of drug-likeness (QED) is 0.551. The van der Waals surface area contributed by atoms with E-state index in [4.69, 9.17) is 15.6 Å². The minimum Gasteiger partial charge on any atom is -0.396 e. The molecule has 1 unspecified atom stereocenters. The molecule has 0 heterocycles. The fraction of sp³-hybridized carbons (Fsp3) is 0.650. The number of aliphatic hydroxyl groups is 1. The van der Waals surface area contributed by atoms with Gasteiger partial charge in [0.05, 0.1) is 29.1 Å². The zero-order chi connectivity index (χ0) is 23.2. The molecule has 11 heteroatoms. The molecule has 1 aromatic carbocycles. The van der Waals surface area contributed by atoms with Gasteiger partial charge in [0.15, 0.2) is 0 Å². The van der Waals surface area contributed by atoms with Crippen LogP contribution in [0, 0.1) is 0 Å². The number of carbonyl (C=O) groups is 1. The van der Waals surface area contributed by atoms with E-state index in [9.17, 15) is 26.4 Å². The van der Waals surface area contributed by atoms with Gasteiger partial charge < -0.3 is 15.6 Å². The molecule has 176 valence electrons. The molecule has 0 bridgehead atoms. The second-order valence-corrected chi connectivity index (χ2v) is 9.77. The molecule has 1 saturated carbocycles. The molecule has 0 saturated heterocycles. The highest BCUT2D eigenvalue weighted by Gasteiger charge is 2.34. The first-order chi connectivity index (χ1) is 14.4. The van der Waals surface area contributed by atoms with Crippen molar-refractivity contribution in [3.05, 3.63) is 29.8 Å². The Morgan fingerprint density at radius 3 is 2.29 bits per heavy atom. The van der Waals surface area contributed by atoms with Crippen molar-refractivity contribution in [3.63, 3.8) is 0 Å². The van der Waals surface area contributed by atoms with Gasteiger partial charge in [0.25, 0.3) is 0 Å². The highest BCUT2D eigenvalue weighted by atomic mass is 32.2. The Hall–Kier alpha value is -1.69. The van der Waals surface area contributed by atoms with Crippen molar-refractivity contribution in [2.75, 3.05) is 13.7 Å². The van der Waals surface area contributed by atoms with E-state index >= 15 is 0 Å². The van der Waals surface area contributed by atoms with E-state index in [-0.39, 0.29) is 36.2 Å². The topological polar surface area (TPSA) is 110 Å². The van der Waals surface area contributed by atoms with Gasteiger partial charge in [0.1, 0.15) is 0 Å². The van der Waals surface area contributed by atoms with Gasteiger partial charge in [-0.05, 0) is 62.8 Å². The summed E-state index contributed by atoms with van der Waals surface area (Å²) in [5.74, 6) is -0.487. The fourth-order valence-electron chi connectivity index (χ4n) is 3.76. The van der Waals surface area contributed by atoms with Crippen LogP contribution in [0.15, 0.2) is 29.2 Å². The van der Waals surface area contributed by atoms with Gasteiger partial charge in [-0.1, -0.05) is 0 Å². The number of hydrogen-bond acceptors (Lipinski definition) is 5. The SMILES string of the molecule is CN(C1CCC(OC(CCCO)CC(N)=O)CC1)S(=O)(=O)c1ccc(C(F)(F)F)cc1. The molecule has 2 rings (SSSR count). The summed E-state index contributed by atoms with van der Waals surface area (Å²) in [7, 11) is -2.51. The van der Waals surface area contributed by atoms with Crippen molar-refractivity contribution in [1.29, 1.82) is 0 Å².